The number of nitrogens with one attached hydrogen (secondary N) is 1. The molecule has 1 heterocycles. The Morgan fingerprint density at radius 2 is 1.68 bits per heavy atom. The molecule has 2 aromatic carbocycles. The van der Waals surface area contributed by atoms with Gasteiger partial charge in [-0.25, -0.2) is 0 Å². The number of nitrogens with zero attached hydrogens (tertiary/aromatic N) is 2. The molecule has 1 aliphatic rings. The standard InChI is InChI=1S/C21H25N3O/c1-2-23-14-16-24(17-15-23)20-11-9-19(10-12-20)22-21(25)13-8-18-6-4-3-5-7-18/h3-13H,2,14-17H2,1H3,(H,22,25)/b13-8-. The number of benzene rings is 2. The molecule has 0 unspecified atom stereocenters. The van der Waals surface area contributed by atoms with E-state index in [9.17, 15) is 4.79 Å². The van der Waals surface area contributed by atoms with E-state index in [4.69, 9.17) is 0 Å². The first-order valence-corrected chi connectivity index (χ1v) is 8.86. The molecule has 0 saturated carbocycles. The molecular formula is C21H25N3O. The van der Waals surface area contributed by atoms with Gasteiger partial charge in [-0.2, -0.15) is 0 Å². The number of hydrogen-bond donors (Lipinski definition) is 1. The van der Waals surface area contributed by atoms with Gasteiger partial charge >= 0.3 is 0 Å². The van der Waals surface area contributed by atoms with E-state index in [2.05, 4.69) is 34.2 Å². The lowest BCUT2D eigenvalue weighted by atomic mass is 10.2. The molecule has 0 radical (unpaired) electrons. The molecule has 1 N–H and O–H groups in total. The van der Waals surface area contributed by atoms with Gasteiger partial charge in [0, 0.05) is 43.6 Å². The van der Waals surface area contributed by atoms with Gasteiger partial charge in [-0.3, -0.25) is 4.79 Å². The third-order valence-electron chi connectivity index (χ3n) is 4.55. The molecule has 0 spiro atoms. The minimum atomic E-state index is -0.117. The maximum absolute atomic E-state index is 12.0. The monoisotopic (exact) mass is 335 g/mol. The van der Waals surface area contributed by atoms with Crippen molar-refractivity contribution in [2.24, 2.45) is 0 Å². The van der Waals surface area contributed by atoms with E-state index in [1.165, 1.54) is 5.69 Å². The predicted octanol–water partition coefficient (Wildman–Crippen LogP) is 3.48. The molecule has 0 bridgehead atoms. The fourth-order valence-corrected chi connectivity index (χ4v) is 3.00. The SMILES string of the molecule is CCN1CCN(c2ccc(NC(=O)/C=C\c3ccccc3)cc2)CC1. The van der Waals surface area contributed by atoms with Crippen LogP contribution in [0.3, 0.4) is 0 Å². The molecule has 0 atom stereocenters. The first-order chi connectivity index (χ1) is 12.2. The summed E-state index contributed by atoms with van der Waals surface area (Å²) >= 11 is 0. The molecule has 0 aromatic heterocycles. The molecule has 130 valence electrons. The predicted molar refractivity (Wildman–Crippen MR) is 105 cm³/mol. The quantitative estimate of drug-likeness (QED) is 0.850. The average Bonchev–Trinajstić information content (AvgIpc) is 2.68. The number of rotatable bonds is 5. The van der Waals surface area contributed by atoms with Crippen LogP contribution in [0.5, 0.6) is 0 Å². The Kier molecular flexibility index (Phi) is 5.86. The van der Waals surface area contributed by atoms with Crippen LogP contribution in [-0.2, 0) is 4.79 Å². The van der Waals surface area contributed by atoms with Gasteiger partial charge < -0.3 is 15.1 Å². The number of carbonyl (C=O) groups is 1. The number of anilines is 2. The fourth-order valence-electron chi connectivity index (χ4n) is 3.00. The van der Waals surface area contributed by atoms with Gasteiger partial charge in [-0.1, -0.05) is 37.3 Å². The van der Waals surface area contributed by atoms with Gasteiger partial charge in [-0.05, 0) is 42.4 Å². The summed E-state index contributed by atoms with van der Waals surface area (Å²) in [5.74, 6) is -0.117. The molecule has 3 rings (SSSR count). The molecule has 1 amide bonds. The molecule has 2 aromatic rings. The van der Waals surface area contributed by atoms with Gasteiger partial charge in [0.25, 0.3) is 0 Å². The van der Waals surface area contributed by atoms with Crippen LogP contribution in [0.25, 0.3) is 6.08 Å². The second-order valence-electron chi connectivity index (χ2n) is 6.20. The summed E-state index contributed by atoms with van der Waals surface area (Å²) in [6, 6.07) is 17.9. The van der Waals surface area contributed by atoms with Crippen LogP contribution in [0.4, 0.5) is 11.4 Å². The summed E-state index contributed by atoms with van der Waals surface area (Å²) in [5, 5.41) is 2.91. The van der Waals surface area contributed by atoms with Crippen LogP contribution in [0.2, 0.25) is 0 Å². The maximum atomic E-state index is 12.0. The highest BCUT2D eigenvalue weighted by molar-refractivity contribution is 6.02. The maximum Gasteiger partial charge on any atom is 0.248 e. The van der Waals surface area contributed by atoms with Crippen LogP contribution in [0, 0.1) is 0 Å². The highest BCUT2D eigenvalue weighted by Gasteiger charge is 2.15. The largest absolute Gasteiger partial charge is 0.369 e. The lowest BCUT2D eigenvalue weighted by Gasteiger charge is -2.35. The average molecular weight is 335 g/mol. The van der Waals surface area contributed by atoms with Crippen LogP contribution < -0.4 is 10.2 Å². The van der Waals surface area contributed by atoms with Crippen molar-refractivity contribution in [2.75, 3.05) is 42.9 Å². The van der Waals surface area contributed by atoms with Crippen molar-refractivity contribution >= 4 is 23.4 Å². The number of carbonyl (C=O) groups excluding carboxylic acids is 1. The van der Waals surface area contributed by atoms with Crippen molar-refractivity contribution in [3.8, 4) is 0 Å². The van der Waals surface area contributed by atoms with E-state index in [-0.39, 0.29) is 5.91 Å². The summed E-state index contributed by atoms with van der Waals surface area (Å²) in [4.78, 5) is 16.9. The first-order valence-electron chi connectivity index (χ1n) is 8.86. The Morgan fingerprint density at radius 3 is 2.32 bits per heavy atom. The van der Waals surface area contributed by atoms with Crippen molar-refractivity contribution < 1.29 is 4.79 Å². The fraction of sp³-hybridized carbons (Fsp3) is 0.286. The number of piperazine rings is 1. The Bertz CT molecular complexity index is 702. The lowest BCUT2D eigenvalue weighted by molar-refractivity contribution is -0.111. The van der Waals surface area contributed by atoms with Crippen molar-refractivity contribution in [2.45, 2.75) is 6.92 Å². The summed E-state index contributed by atoms with van der Waals surface area (Å²) in [5.41, 5.74) is 3.05. The minimum Gasteiger partial charge on any atom is -0.369 e. The zero-order valence-electron chi connectivity index (χ0n) is 14.7. The number of likely N-dealkylation sites (N-methyl/N-ethyl adjacent to an activating group) is 1. The van der Waals surface area contributed by atoms with Crippen LogP contribution in [0.15, 0.2) is 60.7 Å². The normalized spacial score (nSPS) is 15.5. The zero-order chi connectivity index (χ0) is 17.5. The van der Waals surface area contributed by atoms with E-state index >= 15 is 0 Å². The number of amides is 1. The third-order valence-corrected chi connectivity index (χ3v) is 4.55. The molecular weight excluding hydrogens is 310 g/mol. The zero-order valence-corrected chi connectivity index (χ0v) is 14.7. The molecule has 1 fully saturated rings. The first kappa shape index (κ1) is 17.2. The second kappa shape index (κ2) is 8.49. The summed E-state index contributed by atoms with van der Waals surface area (Å²) in [7, 11) is 0. The minimum absolute atomic E-state index is 0.117. The van der Waals surface area contributed by atoms with Gasteiger partial charge in [0.1, 0.15) is 0 Å². The summed E-state index contributed by atoms with van der Waals surface area (Å²) in [6.45, 7) is 7.66. The number of hydrogen-bond acceptors (Lipinski definition) is 3. The third kappa shape index (κ3) is 4.94. The Morgan fingerprint density at radius 1 is 1.00 bits per heavy atom. The lowest BCUT2D eigenvalue weighted by Crippen LogP contribution is -2.46. The van der Waals surface area contributed by atoms with E-state index in [1.54, 1.807) is 6.08 Å². The molecule has 4 nitrogen and oxygen atoms in total. The highest BCUT2D eigenvalue weighted by Crippen LogP contribution is 2.19. The van der Waals surface area contributed by atoms with E-state index in [1.807, 2.05) is 48.5 Å². The Balaban J connectivity index is 1.54. The van der Waals surface area contributed by atoms with E-state index in [0.29, 0.717) is 0 Å². The smallest absolute Gasteiger partial charge is 0.248 e. The van der Waals surface area contributed by atoms with Gasteiger partial charge in [0.15, 0.2) is 0 Å². The van der Waals surface area contributed by atoms with Gasteiger partial charge in [0.2, 0.25) is 5.91 Å². The Labute approximate surface area is 149 Å². The van der Waals surface area contributed by atoms with Crippen molar-refractivity contribution in [1.82, 2.24) is 4.90 Å². The van der Waals surface area contributed by atoms with E-state index < -0.39 is 0 Å². The van der Waals surface area contributed by atoms with Crippen molar-refractivity contribution in [3.63, 3.8) is 0 Å². The summed E-state index contributed by atoms with van der Waals surface area (Å²) < 4.78 is 0. The molecule has 1 saturated heterocycles. The van der Waals surface area contributed by atoms with Gasteiger partial charge in [0.05, 0.1) is 0 Å². The van der Waals surface area contributed by atoms with Crippen LogP contribution in [0.1, 0.15) is 12.5 Å². The van der Waals surface area contributed by atoms with E-state index in [0.717, 1.165) is 44.0 Å². The highest BCUT2D eigenvalue weighted by atomic mass is 16.1. The molecule has 4 heteroatoms. The molecule has 1 aliphatic heterocycles. The summed E-state index contributed by atoms with van der Waals surface area (Å²) in [6.07, 6.45) is 3.38. The topological polar surface area (TPSA) is 35.6 Å². The second-order valence-corrected chi connectivity index (χ2v) is 6.20. The van der Waals surface area contributed by atoms with Crippen molar-refractivity contribution in [1.29, 1.82) is 0 Å². The van der Waals surface area contributed by atoms with Crippen LogP contribution in [-0.4, -0.2) is 43.5 Å². The molecule has 25 heavy (non-hydrogen) atoms. The van der Waals surface area contributed by atoms with Crippen LogP contribution >= 0.6 is 0 Å². The Hall–Kier alpha value is -2.59. The molecule has 0 aliphatic carbocycles. The van der Waals surface area contributed by atoms with Gasteiger partial charge in [-0.15, -0.1) is 0 Å². The van der Waals surface area contributed by atoms with Crippen molar-refractivity contribution in [3.05, 3.63) is 66.2 Å².